The number of allylic oxidation sites excluding steroid dienone is 1. The molecule has 1 aliphatic carbocycles. The van der Waals surface area contributed by atoms with Crippen LogP contribution in [0.4, 0.5) is 0 Å². The molecule has 5 heteroatoms. The van der Waals surface area contributed by atoms with Crippen LogP contribution in [0.2, 0.25) is 5.02 Å². The first-order chi connectivity index (χ1) is 10.5. The Morgan fingerprint density at radius 1 is 1.50 bits per heavy atom. The van der Waals surface area contributed by atoms with Gasteiger partial charge in [0.2, 0.25) is 0 Å². The maximum Gasteiger partial charge on any atom is 0.326 e. The van der Waals surface area contributed by atoms with E-state index in [4.69, 9.17) is 16.3 Å². The molecule has 114 valence electrons. The van der Waals surface area contributed by atoms with Gasteiger partial charge in [-0.1, -0.05) is 29.8 Å². The van der Waals surface area contributed by atoms with Crippen molar-refractivity contribution in [1.29, 1.82) is 5.26 Å². The number of ether oxygens (including phenoxy) is 1. The molecule has 1 saturated carbocycles. The lowest BCUT2D eigenvalue weighted by molar-refractivity contribution is -0.150. The van der Waals surface area contributed by atoms with E-state index < -0.39 is 23.2 Å². The summed E-state index contributed by atoms with van der Waals surface area (Å²) in [7, 11) is 1.25. The third-order valence-electron chi connectivity index (χ3n) is 4.41. The van der Waals surface area contributed by atoms with Crippen molar-refractivity contribution in [3.63, 3.8) is 0 Å². The molecular formula is C17H16ClNO3. The van der Waals surface area contributed by atoms with E-state index in [0.717, 1.165) is 11.8 Å². The van der Waals surface area contributed by atoms with Crippen LogP contribution in [0.3, 0.4) is 0 Å². The summed E-state index contributed by atoms with van der Waals surface area (Å²) in [4.78, 5) is 23.9. The molecule has 0 heterocycles. The SMILES string of the molecule is C=C[C@H]1C[C@@](C#N)(C(=O)OC)[C@H](c2ccc(Cl)cc2)[C@H]1C=O. The molecule has 0 spiro atoms. The van der Waals surface area contributed by atoms with Crippen molar-refractivity contribution >= 4 is 23.9 Å². The number of hydrogen-bond acceptors (Lipinski definition) is 4. The molecule has 2 rings (SSSR count). The molecule has 1 aromatic rings. The van der Waals surface area contributed by atoms with Gasteiger partial charge in [0.15, 0.2) is 5.41 Å². The van der Waals surface area contributed by atoms with Crippen molar-refractivity contribution in [2.45, 2.75) is 12.3 Å². The molecular weight excluding hydrogens is 302 g/mol. The van der Waals surface area contributed by atoms with Crippen LogP contribution in [0.15, 0.2) is 36.9 Å². The van der Waals surface area contributed by atoms with E-state index in [-0.39, 0.29) is 12.3 Å². The third kappa shape index (κ3) is 2.42. The molecule has 0 bridgehead atoms. The van der Waals surface area contributed by atoms with Crippen molar-refractivity contribution in [3.8, 4) is 6.07 Å². The average Bonchev–Trinajstić information content (AvgIpc) is 2.89. The highest BCUT2D eigenvalue weighted by Gasteiger charge is 2.59. The van der Waals surface area contributed by atoms with Crippen LogP contribution < -0.4 is 0 Å². The highest BCUT2D eigenvalue weighted by atomic mass is 35.5. The van der Waals surface area contributed by atoms with Gasteiger partial charge in [0.25, 0.3) is 0 Å². The van der Waals surface area contributed by atoms with E-state index in [0.29, 0.717) is 5.02 Å². The fourth-order valence-corrected chi connectivity index (χ4v) is 3.49. The normalized spacial score (nSPS) is 30.3. The lowest BCUT2D eigenvalue weighted by atomic mass is 9.73. The van der Waals surface area contributed by atoms with Gasteiger partial charge in [-0.15, -0.1) is 6.58 Å². The Hall–Kier alpha value is -2.12. The van der Waals surface area contributed by atoms with Crippen molar-refractivity contribution in [2.24, 2.45) is 17.3 Å². The summed E-state index contributed by atoms with van der Waals surface area (Å²) in [6, 6.07) is 8.95. The fraction of sp³-hybridized carbons (Fsp3) is 0.353. The maximum atomic E-state index is 12.3. The van der Waals surface area contributed by atoms with E-state index >= 15 is 0 Å². The molecule has 1 aliphatic rings. The number of carbonyl (C=O) groups is 2. The minimum absolute atomic E-state index is 0.219. The molecule has 0 aliphatic heterocycles. The summed E-state index contributed by atoms with van der Waals surface area (Å²) in [6.45, 7) is 3.73. The van der Waals surface area contributed by atoms with E-state index in [1.54, 1.807) is 30.3 Å². The molecule has 1 fully saturated rings. The molecule has 0 saturated heterocycles. The van der Waals surface area contributed by atoms with Crippen molar-refractivity contribution in [2.75, 3.05) is 7.11 Å². The molecule has 4 nitrogen and oxygen atoms in total. The van der Waals surface area contributed by atoms with Crippen molar-refractivity contribution in [1.82, 2.24) is 0 Å². The van der Waals surface area contributed by atoms with Gasteiger partial charge in [-0.25, -0.2) is 0 Å². The molecule has 1 aromatic carbocycles. The summed E-state index contributed by atoms with van der Waals surface area (Å²) in [5, 5.41) is 10.3. The van der Waals surface area contributed by atoms with Crippen LogP contribution in [-0.2, 0) is 14.3 Å². The van der Waals surface area contributed by atoms with Crippen LogP contribution >= 0.6 is 11.6 Å². The van der Waals surface area contributed by atoms with Gasteiger partial charge < -0.3 is 9.53 Å². The Labute approximate surface area is 134 Å². The van der Waals surface area contributed by atoms with Crippen LogP contribution in [-0.4, -0.2) is 19.4 Å². The summed E-state index contributed by atoms with van der Waals surface area (Å²) < 4.78 is 4.85. The van der Waals surface area contributed by atoms with Crippen LogP contribution in [0.1, 0.15) is 17.9 Å². The second-order valence-corrected chi connectivity index (χ2v) is 5.86. The smallest absolute Gasteiger partial charge is 0.326 e. The number of rotatable bonds is 4. The number of carbonyl (C=O) groups excluding carboxylic acids is 2. The predicted molar refractivity (Wildman–Crippen MR) is 82.1 cm³/mol. The number of methoxy groups -OCH3 is 1. The number of aldehydes is 1. The van der Waals surface area contributed by atoms with Gasteiger partial charge in [0, 0.05) is 16.9 Å². The highest BCUT2D eigenvalue weighted by molar-refractivity contribution is 6.30. The van der Waals surface area contributed by atoms with Crippen molar-refractivity contribution < 1.29 is 14.3 Å². The largest absolute Gasteiger partial charge is 0.468 e. The van der Waals surface area contributed by atoms with Gasteiger partial charge in [-0.05, 0) is 30.0 Å². The highest BCUT2D eigenvalue weighted by Crippen LogP contribution is 2.55. The summed E-state index contributed by atoms with van der Waals surface area (Å²) in [6.07, 6.45) is 2.65. The zero-order chi connectivity index (χ0) is 16.3. The summed E-state index contributed by atoms with van der Waals surface area (Å²) in [5.41, 5.74) is -0.676. The summed E-state index contributed by atoms with van der Waals surface area (Å²) in [5.74, 6) is -1.96. The van der Waals surface area contributed by atoms with Crippen LogP contribution in [0, 0.1) is 28.6 Å². The zero-order valence-electron chi connectivity index (χ0n) is 12.2. The quantitative estimate of drug-likeness (QED) is 0.486. The van der Waals surface area contributed by atoms with Crippen LogP contribution in [0.25, 0.3) is 0 Å². The first kappa shape index (κ1) is 16.3. The van der Waals surface area contributed by atoms with E-state index in [9.17, 15) is 14.9 Å². The van der Waals surface area contributed by atoms with Gasteiger partial charge in [-0.3, -0.25) is 4.79 Å². The zero-order valence-corrected chi connectivity index (χ0v) is 12.9. The predicted octanol–water partition coefficient (Wildman–Crippen LogP) is 3.13. The topological polar surface area (TPSA) is 67.2 Å². The van der Waals surface area contributed by atoms with E-state index in [2.05, 4.69) is 12.6 Å². The Morgan fingerprint density at radius 3 is 2.59 bits per heavy atom. The second-order valence-electron chi connectivity index (χ2n) is 5.42. The monoisotopic (exact) mass is 317 g/mol. The molecule has 22 heavy (non-hydrogen) atoms. The lowest BCUT2D eigenvalue weighted by Crippen LogP contribution is -2.35. The molecule has 4 atom stereocenters. The summed E-state index contributed by atoms with van der Waals surface area (Å²) >= 11 is 5.90. The minimum Gasteiger partial charge on any atom is -0.468 e. The van der Waals surface area contributed by atoms with E-state index in [1.165, 1.54) is 7.11 Å². The fourth-order valence-electron chi connectivity index (χ4n) is 3.36. The Kier molecular flexibility index (Phi) is 4.68. The van der Waals surface area contributed by atoms with Gasteiger partial charge in [0.1, 0.15) is 6.29 Å². The maximum absolute atomic E-state index is 12.3. The first-order valence-electron chi connectivity index (χ1n) is 6.87. The molecule has 0 unspecified atom stereocenters. The molecule has 0 aromatic heterocycles. The van der Waals surface area contributed by atoms with Gasteiger partial charge >= 0.3 is 5.97 Å². The molecule has 0 amide bonds. The number of esters is 1. The third-order valence-corrected chi connectivity index (χ3v) is 4.66. The van der Waals surface area contributed by atoms with Gasteiger partial charge in [0.05, 0.1) is 13.2 Å². The Balaban J connectivity index is 2.62. The lowest BCUT2D eigenvalue weighted by Gasteiger charge is -2.28. The number of nitriles is 1. The first-order valence-corrected chi connectivity index (χ1v) is 7.24. The minimum atomic E-state index is -1.40. The Morgan fingerprint density at radius 2 is 2.14 bits per heavy atom. The standard InChI is InChI=1S/C17H16ClNO3/c1-3-11-8-17(10-19,16(21)22-2)15(14(11)9-20)12-4-6-13(18)7-5-12/h3-7,9,11,14-15H,1,8H2,2H3/t11-,14-,15+,17-/m0/s1. The average molecular weight is 318 g/mol. The number of hydrogen-bond donors (Lipinski definition) is 0. The molecule has 0 N–H and O–H groups in total. The second kappa shape index (κ2) is 6.33. The van der Waals surface area contributed by atoms with E-state index in [1.807, 2.05) is 0 Å². The number of nitrogens with zero attached hydrogens (tertiary/aromatic N) is 1. The Bertz CT molecular complexity index is 634. The molecule has 0 radical (unpaired) electrons. The van der Waals surface area contributed by atoms with Gasteiger partial charge in [-0.2, -0.15) is 5.26 Å². The van der Waals surface area contributed by atoms with Crippen LogP contribution in [0.5, 0.6) is 0 Å². The number of halogens is 1. The number of benzene rings is 1. The van der Waals surface area contributed by atoms with Crippen molar-refractivity contribution in [3.05, 3.63) is 47.5 Å².